The molecule has 0 saturated carbocycles. The largest absolute Gasteiger partial charge is 0.348 e. The smallest absolute Gasteiger partial charge is 0.251 e. The van der Waals surface area contributed by atoms with Gasteiger partial charge in [0.05, 0.1) is 11.4 Å². The molecule has 0 bridgehead atoms. The van der Waals surface area contributed by atoms with E-state index >= 15 is 0 Å². The minimum Gasteiger partial charge on any atom is -0.348 e. The zero-order valence-corrected chi connectivity index (χ0v) is 13.1. The van der Waals surface area contributed by atoms with Crippen molar-refractivity contribution >= 4 is 15.9 Å². The minimum atomic E-state index is -3.64. The summed E-state index contributed by atoms with van der Waals surface area (Å²) in [4.78, 5) is 12.1. The standard InChI is InChI=1S/C17H16N2O3S/c1-2-12-19-23(21,22)16-10-8-15(9-11-16)17(20)18-13-14-6-4-3-5-7-14/h1,3-11,19H,12-13H2,(H,18,20). The van der Waals surface area contributed by atoms with Crippen LogP contribution in [0.15, 0.2) is 59.5 Å². The van der Waals surface area contributed by atoms with Crippen LogP contribution in [0.4, 0.5) is 0 Å². The molecule has 0 aliphatic rings. The lowest BCUT2D eigenvalue weighted by atomic mass is 10.2. The molecule has 2 aromatic carbocycles. The first-order valence-corrected chi connectivity index (χ1v) is 8.36. The lowest BCUT2D eigenvalue weighted by molar-refractivity contribution is 0.0951. The van der Waals surface area contributed by atoms with Crippen molar-refractivity contribution in [2.75, 3.05) is 6.54 Å². The Hall–Kier alpha value is -2.62. The van der Waals surface area contributed by atoms with E-state index in [1.165, 1.54) is 24.3 Å². The number of hydrogen-bond acceptors (Lipinski definition) is 3. The summed E-state index contributed by atoms with van der Waals surface area (Å²) in [5.41, 5.74) is 1.37. The maximum atomic E-state index is 12.0. The summed E-state index contributed by atoms with van der Waals surface area (Å²) < 4.78 is 26.0. The summed E-state index contributed by atoms with van der Waals surface area (Å²) in [5.74, 6) is 1.93. The van der Waals surface area contributed by atoms with Gasteiger partial charge in [0.1, 0.15) is 0 Å². The van der Waals surface area contributed by atoms with Crippen molar-refractivity contribution < 1.29 is 13.2 Å². The molecule has 0 unspecified atom stereocenters. The van der Waals surface area contributed by atoms with Gasteiger partial charge < -0.3 is 5.32 Å². The number of benzene rings is 2. The number of rotatable bonds is 6. The van der Waals surface area contributed by atoms with Crippen LogP contribution in [-0.2, 0) is 16.6 Å². The Kier molecular flexibility index (Phi) is 5.52. The molecule has 6 heteroatoms. The molecule has 118 valence electrons. The van der Waals surface area contributed by atoms with E-state index in [2.05, 4.69) is 16.0 Å². The van der Waals surface area contributed by atoms with Gasteiger partial charge in [0.15, 0.2) is 0 Å². The van der Waals surface area contributed by atoms with E-state index in [0.29, 0.717) is 12.1 Å². The zero-order chi connectivity index (χ0) is 16.7. The van der Waals surface area contributed by atoms with E-state index in [0.717, 1.165) is 5.56 Å². The quantitative estimate of drug-likeness (QED) is 0.790. The van der Waals surface area contributed by atoms with E-state index in [4.69, 9.17) is 6.42 Å². The highest BCUT2D eigenvalue weighted by molar-refractivity contribution is 7.89. The maximum absolute atomic E-state index is 12.0. The summed E-state index contributed by atoms with van der Waals surface area (Å²) in [7, 11) is -3.64. The fourth-order valence-electron chi connectivity index (χ4n) is 1.89. The monoisotopic (exact) mass is 328 g/mol. The fourth-order valence-corrected chi connectivity index (χ4v) is 2.82. The SMILES string of the molecule is C#CCNS(=O)(=O)c1ccc(C(=O)NCc2ccccc2)cc1. The molecule has 23 heavy (non-hydrogen) atoms. The van der Waals surface area contributed by atoms with Gasteiger partial charge in [0.2, 0.25) is 10.0 Å². The summed E-state index contributed by atoms with van der Waals surface area (Å²) in [6, 6.07) is 15.2. The van der Waals surface area contributed by atoms with E-state index in [-0.39, 0.29) is 17.3 Å². The van der Waals surface area contributed by atoms with Crippen LogP contribution in [0, 0.1) is 12.3 Å². The average molecular weight is 328 g/mol. The number of carbonyl (C=O) groups is 1. The highest BCUT2D eigenvalue weighted by atomic mass is 32.2. The predicted octanol–water partition coefficient (Wildman–Crippen LogP) is 1.53. The molecule has 0 atom stereocenters. The van der Waals surface area contributed by atoms with Crippen molar-refractivity contribution in [3.63, 3.8) is 0 Å². The van der Waals surface area contributed by atoms with Crippen LogP contribution < -0.4 is 10.0 Å². The molecule has 0 radical (unpaired) electrons. The number of nitrogens with one attached hydrogen (secondary N) is 2. The fraction of sp³-hybridized carbons (Fsp3) is 0.118. The minimum absolute atomic E-state index is 0.0624. The molecule has 0 aromatic heterocycles. The van der Waals surface area contributed by atoms with Gasteiger partial charge in [-0.3, -0.25) is 4.79 Å². The van der Waals surface area contributed by atoms with Gasteiger partial charge in [-0.05, 0) is 29.8 Å². The summed E-state index contributed by atoms with van der Waals surface area (Å²) >= 11 is 0. The summed E-state index contributed by atoms with van der Waals surface area (Å²) in [6.07, 6.45) is 5.03. The first-order valence-electron chi connectivity index (χ1n) is 6.88. The lowest BCUT2D eigenvalue weighted by Gasteiger charge is -2.07. The second-order valence-corrected chi connectivity index (χ2v) is 6.49. The van der Waals surface area contributed by atoms with Crippen LogP contribution in [0.1, 0.15) is 15.9 Å². The van der Waals surface area contributed by atoms with Gasteiger partial charge in [-0.2, -0.15) is 4.72 Å². The van der Waals surface area contributed by atoms with Gasteiger partial charge in [-0.1, -0.05) is 36.3 Å². The Labute approximate surface area is 135 Å². The third kappa shape index (κ3) is 4.68. The van der Waals surface area contributed by atoms with Crippen molar-refractivity contribution in [2.24, 2.45) is 0 Å². The second-order valence-electron chi connectivity index (χ2n) is 4.72. The average Bonchev–Trinajstić information content (AvgIpc) is 2.59. The molecular weight excluding hydrogens is 312 g/mol. The van der Waals surface area contributed by atoms with Crippen molar-refractivity contribution in [3.05, 3.63) is 65.7 Å². The molecule has 0 saturated heterocycles. The maximum Gasteiger partial charge on any atom is 0.251 e. The molecule has 2 N–H and O–H groups in total. The number of carbonyl (C=O) groups excluding carboxylic acids is 1. The van der Waals surface area contributed by atoms with Crippen molar-refractivity contribution in [1.29, 1.82) is 0 Å². The van der Waals surface area contributed by atoms with E-state index in [1.807, 2.05) is 30.3 Å². The van der Waals surface area contributed by atoms with E-state index < -0.39 is 10.0 Å². The molecule has 2 aromatic rings. The van der Waals surface area contributed by atoms with Crippen LogP contribution >= 0.6 is 0 Å². The molecule has 0 aliphatic heterocycles. The number of hydrogen-bond donors (Lipinski definition) is 2. The van der Waals surface area contributed by atoms with Gasteiger partial charge in [0, 0.05) is 12.1 Å². The number of amides is 1. The van der Waals surface area contributed by atoms with E-state index in [9.17, 15) is 13.2 Å². The van der Waals surface area contributed by atoms with Crippen LogP contribution in [0.3, 0.4) is 0 Å². The van der Waals surface area contributed by atoms with Crippen LogP contribution in [0.5, 0.6) is 0 Å². The predicted molar refractivity (Wildman–Crippen MR) is 88.1 cm³/mol. The van der Waals surface area contributed by atoms with Gasteiger partial charge >= 0.3 is 0 Å². The highest BCUT2D eigenvalue weighted by Gasteiger charge is 2.13. The molecule has 0 heterocycles. The van der Waals surface area contributed by atoms with Crippen LogP contribution in [0.25, 0.3) is 0 Å². The first kappa shape index (κ1) is 16.7. The van der Waals surface area contributed by atoms with Gasteiger partial charge in [-0.25, -0.2) is 8.42 Å². The Morgan fingerprint density at radius 2 is 1.70 bits per heavy atom. The number of terminal acetylenes is 1. The topological polar surface area (TPSA) is 75.3 Å². The number of sulfonamides is 1. The Morgan fingerprint density at radius 1 is 1.04 bits per heavy atom. The molecular formula is C17H16N2O3S. The Bertz CT molecular complexity index is 807. The van der Waals surface area contributed by atoms with Crippen molar-refractivity contribution in [2.45, 2.75) is 11.4 Å². The summed E-state index contributed by atoms with van der Waals surface area (Å²) in [6.45, 7) is 0.324. The molecule has 5 nitrogen and oxygen atoms in total. The molecule has 1 amide bonds. The summed E-state index contributed by atoms with van der Waals surface area (Å²) in [5, 5.41) is 2.78. The highest BCUT2D eigenvalue weighted by Crippen LogP contribution is 2.10. The van der Waals surface area contributed by atoms with Gasteiger partial charge in [-0.15, -0.1) is 6.42 Å². The normalized spacial score (nSPS) is 10.7. The van der Waals surface area contributed by atoms with Gasteiger partial charge in [0.25, 0.3) is 5.91 Å². The molecule has 0 fully saturated rings. The molecule has 0 spiro atoms. The van der Waals surface area contributed by atoms with Crippen molar-refractivity contribution in [1.82, 2.24) is 10.0 Å². The van der Waals surface area contributed by atoms with Crippen molar-refractivity contribution in [3.8, 4) is 12.3 Å². The molecule has 2 rings (SSSR count). The van der Waals surface area contributed by atoms with E-state index in [1.54, 1.807) is 0 Å². The third-order valence-corrected chi connectivity index (χ3v) is 4.50. The second kappa shape index (κ2) is 7.58. The van der Waals surface area contributed by atoms with Crippen LogP contribution in [-0.4, -0.2) is 20.9 Å². The lowest BCUT2D eigenvalue weighted by Crippen LogP contribution is -2.25. The third-order valence-electron chi connectivity index (χ3n) is 3.09. The zero-order valence-electron chi connectivity index (χ0n) is 12.3. The Morgan fingerprint density at radius 3 is 2.30 bits per heavy atom. The molecule has 0 aliphatic carbocycles. The van der Waals surface area contributed by atoms with Crippen LogP contribution in [0.2, 0.25) is 0 Å². The Balaban J connectivity index is 2.02. The first-order chi connectivity index (χ1) is 11.0.